The Hall–Kier alpha value is -1.01. The van der Waals surface area contributed by atoms with Crippen LogP contribution in [0.25, 0.3) is 0 Å². The Kier molecular flexibility index (Phi) is 5.20. The number of carbonyl (C=O) groups is 1. The van der Waals surface area contributed by atoms with Crippen molar-refractivity contribution in [3.05, 3.63) is 0 Å². The second kappa shape index (κ2) is 6.47. The van der Waals surface area contributed by atoms with E-state index in [1.54, 1.807) is 4.90 Å². The summed E-state index contributed by atoms with van der Waals surface area (Å²) >= 11 is 0. The molecule has 1 N–H and O–H groups in total. The van der Waals surface area contributed by atoms with Gasteiger partial charge in [-0.2, -0.15) is 0 Å². The highest BCUT2D eigenvalue weighted by Gasteiger charge is 2.21. The molecule has 3 nitrogen and oxygen atoms in total. The van der Waals surface area contributed by atoms with Gasteiger partial charge in [-0.1, -0.05) is 0 Å². The first kappa shape index (κ1) is 12.1. The lowest BCUT2D eigenvalue weighted by Gasteiger charge is -2.30. The van der Waals surface area contributed by atoms with Crippen LogP contribution in [0.3, 0.4) is 0 Å². The van der Waals surface area contributed by atoms with Gasteiger partial charge in [0.05, 0.1) is 6.10 Å². The van der Waals surface area contributed by atoms with Crippen LogP contribution in [0.5, 0.6) is 0 Å². The van der Waals surface area contributed by atoms with Crippen molar-refractivity contribution in [1.82, 2.24) is 4.90 Å². The first-order chi connectivity index (χ1) is 7.24. The maximum atomic E-state index is 11.7. The van der Waals surface area contributed by atoms with Crippen LogP contribution in [0.1, 0.15) is 38.5 Å². The molecule has 0 aromatic rings. The van der Waals surface area contributed by atoms with Gasteiger partial charge in [-0.15, -0.1) is 12.3 Å². The second-order valence-electron chi connectivity index (χ2n) is 4.05. The molecule has 1 aliphatic rings. The minimum atomic E-state index is -0.326. The second-order valence-corrected chi connectivity index (χ2v) is 4.05. The molecular formula is C12H19NO2. The van der Waals surface area contributed by atoms with Gasteiger partial charge in [0.2, 0.25) is 5.91 Å². The standard InChI is InChI=1S/C12H19NO2/c1-2-3-4-5-8-12(15)13-9-6-7-11(14)10-13/h1,11,14H,3-10H2/t11-/m0/s1. The highest BCUT2D eigenvalue weighted by molar-refractivity contribution is 5.76. The van der Waals surface area contributed by atoms with Crippen molar-refractivity contribution in [3.63, 3.8) is 0 Å². The number of carbonyl (C=O) groups excluding carboxylic acids is 1. The van der Waals surface area contributed by atoms with E-state index in [1.807, 2.05) is 0 Å². The highest BCUT2D eigenvalue weighted by Crippen LogP contribution is 2.12. The molecule has 1 heterocycles. The predicted octanol–water partition coefficient (Wildman–Crippen LogP) is 1.16. The van der Waals surface area contributed by atoms with Gasteiger partial charge in [0, 0.05) is 25.9 Å². The van der Waals surface area contributed by atoms with Crippen LogP contribution in [-0.4, -0.2) is 35.1 Å². The van der Waals surface area contributed by atoms with Gasteiger partial charge in [-0.3, -0.25) is 4.79 Å². The lowest BCUT2D eigenvalue weighted by Crippen LogP contribution is -2.42. The molecule has 3 heteroatoms. The molecule has 0 spiro atoms. The molecule has 1 aliphatic heterocycles. The van der Waals surface area contributed by atoms with Gasteiger partial charge < -0.3 is 10.0 Å². The smallest absolute Gasteiger partial charge is 0.222 e. The number of hydrogen-bond donors (Lipinski definition) is 1. The zero-order valence-corrected chi connectivity index (χ0v) is 9.11. The van der Waals surface area contributed by atoms with Gasteiger partial charge in [0.25, 0.3) is 0 Å². The number of aliphatic hydroxyl groups is 1. The molecule has 0 aromatic carbocycles. The van der Waals surface area contributed by atoms with E-state index in [0.29, 0.717) is 13.0 Å². The first-order valence-corrected chi connectivity index (χ1v) is 5.63. The molecule has 84 valence electrons. The number of piperidine rings is 1. The van der Waals surface area contributed by atoms with E-state index in [4.69, 9.17) is 6.42 Å². The van der Waals surface area contributed by atoms with Crippen molar-refractivity contribution in [1.29, 1.82) is 0 Å². The fourth-order valence-corrected chi connectivity index (χ4v) is 1.84. The van der Waals surface area contributed by atoms with Gasteiger partial charge in [0.15, 0.2) is 0 Å². The van der Waals surface area contributed by atoms with E-state index in [-0.39, 0.29) is 12.0 Å². The molecule has 1 atom stereocenters. The van der Waals surface area contributed by atoms with Crippen molar-refractivity contribution in [3.8, 4) is 12.3 Å². The summed E-state index contributed by atoms with van der Waals surface area (Å²) in [6.45, 7) is 1.30. The number of amides is 1. The number of likely N-dealkylation sites (tertiary alicyclic amines) is 1. The number of rotatable bonds is 4. The van der Waals surface area contributed by atoms with E-state index in [1.165, 1.54) is 0 Å². The molecule has 1 amide bonds. The Bertz CT molecular complexity index is 244. The largest absolute Gasteiger partial charge is 0.391 e. The van der Waals surface area contributed by atoms with Gasteiger partial charge in [0.1, 0.15) is 0 Å². The molecular weight excluding hydrogens is 190 g/mol. The SMILES string of the molecule is C#CCCCCC(=O)N1CCC[C@H](O)C1. The minimum Gasteiger partial charge on any atom is -0.391 e. The maximum Gasteiger partial charge on any atom is 0.222 e. The van der Waals surface area contributed by atoms with Gasteiger partial charge >= 0.3 is 0 Å². The van der Waals surface area contributed by atoms with Crippen LogP contribution in [0.15, 0.2) is 0 Å². The molecule has 0 radical (unpaired) electrons. The predicted molar refractivity (Wildman–Crippen MR) is 59.1 cm³/mol. The summed E-state index contributed by atoms with van der Waals surface area (Å²) in [7, 11) is 0. The Morgan fingerprint density at radius 2 is 2.33 bits per heavy atom. The van der Waals surface area contributed by atoms with Crippen LogP contribution in [0, 0.1) is 12.3 Å². The molecule has 0 aromatic heterocycles. The summed E-state index contributed by atoms with van der Waals surface area (Å²) in [5, 5.41) is 9.42. The fraction of sp³-hybridized carbons (Fsp3) is 0.750. The maximum absolute atomic E-state index is 11.7. The summed E-state index contributed by atoms with van der Waals surface area (Å²) in [5.74, 6) is 2.72. The number of nitrogens with zero attached hydrogens (tertiary/aromatic N) is 1. The van der Waals surface area contributed by atoms with Crippen LogP contribution in [0.2, 0.25) is 0 Å². The molecule has 0 aliphatic carbocycles. The summed E-state index contributed by atoms with van der Waals surface area (Å²) < 4.78 is 0. The summed E-state index contributed by atoms with van der Waals surface area (Å²) in [6.07, 6.45) is 9.62. The number of hydrogen-bond acceptors (Lipinski definition) is 2. The zero-order chi connectivity index (χ0) is 11.1. The van der Waals surface area contributed by atoms with Crippen molar-refractivity contribution in [2.45, 2.75) is 44.6 Å². The summed E-state index contributed by atoms with van der Waals surface area (Å²) in [4.78, 5) is 13.4. The molecule has 1 fully saturated rings. The fourth-order valence-electron chi connectivity index (χ4n) is 1.84. The molecule has 1 saturated heterocycles. The Balaban J connectivity index is 2.18. The third-order valence-electron chi connectivity index (χ3n) is 2.71. The van der Waals surface area contributed by atoms with Crippen LogP contribution < -0.4 is 0 Å². The zero-order valence-electron chi connectivity index (χ0n) is 9.11. The average Bonchev–Trinajstić information content (AvgIpc) is 2.24. The van der Waals surface area contributed by atoms with E-state index >= 15 is 0 Å². The van der Waals surface area contributed by atoms with E-state index in [2.05, 4.69) is 5.92 Å². The third-order valence-corrected chi connectivity index (χ3v) is 2.71. The topological polar surface area (TPSA) is 40.5 Å². The number of terminal acetylenes is 1. The normalized spacial score (nSPS) is 21.1. The van der Waals surface area contributed by atoms with Crippen molar-refractivity contribution >= 4 is 5.91 Å². The van der Waals surface area contributed by atoms with Gasteiger partial charge in [-0.05, 0) is 25.7 Å². The quantitative estimate of drug-likeness (QED) is 0.557. The third kappa shape index (κ3) is 4.35. The van der Waals surface area contributed by atoms with Crippen molar-refractivity contribution in [2.24, 2.45) is 0 Å². The van der Waals surface area contributed by atoms with Crippen molar-refractivity contribution < 1.29 is 9.90 Å². The van der Waals surface area contributed by atoms with Gasteiger partial charge in [-0.25, -0.2) is 0 Å². The first-order valence-electron chi connectivity index (χ1n) is 5.63. The molecule has 15 heavy (non-hydrogen) atoms. The molecule has 1 rings (SSSR count). The van der Waals surface area contributed by atoms with Crippen LogP contribution in [0.4, 0.5) is 0 Å². The Morgan fingerprint density at radius 1 is 1.53 bits per heavy atom. The number of aliphatic hydroxyl groups excluding tert-OH is 1. The van der Waals surface area contributed by atoms with E-state index in [9.17, 15) is 9.90 Å². The van der Waals surface area contributed by atoms with E-state index in [0.717, 1.165) is 38.6 Å². The van der Waals surface area contributed by atoms with Crippen LogP contribution in [-0.2, 0) is 4.79 Å². The van der Waals surface area contributed by atoms with Crippen molar-refractivity contribution in [2.75, 3.05) is 13.1 Å². The number of unbranched alkanes of at least 4 members (excludes halogenated alkanes) is 2. The molecule has 0 saturated carbocycles. The Morgan fingerprint density at radius 3 is 3.00 bits per heavy atom. The Labute approximate surface area is 91.5 Å². The monoisotopic (exact) mass is 209 g/mol. The van der Waals surface area contributed by atoms with Crippen LogP contribution >= 0.6 is 0 Å². The molecule has 0 unspecified atom stereocenters. The highest BCUT2D eigenvalue weighted by atomic mass is 16.3. The average molecular weight is 209 g/mol. The van der Waals surface area contributed by atoms with E-state index < -0.39 is 0 Å². The lowest BCUT2D eigenvalue weighted by molar-refractivity contribution is -0.134. The number of β-amino-alcohol motifs (C(OH)–C–C–N with tert-alkyl or cyclic N) is 1. The molecule has 0 bridgehead atoms. The minimum absolute atomic E-state index is 0.158. The lowest BCUT2D eigenvalue weighted by atomic mass is 10.1. The summed E-state index contributed by atoms with van der Waals surface area (Å²) in [5.41, 5.74) is 0. The summed E-state index contributed by atoms with van der Waals surface area (Å²) in [6, 6.07) is 0.